The minimum Gasteiger partial charge on any atom is -0.456 e. The first kappa shape index (κ1) is 19.9. The maximum atomic E-state index is 14.6. The van der Waals surface area contributed by atoms with Crippen molar-refractivity contribution < 1.29 is 18.7 Å². The van der Waals surface area contributed by atoms with Crippen LogP contribution in [0.4, 0.5) is 10.2 Å². The molecule has 0 amide bonds. The van der Waals surface area contributed by atoms with Crippen LogP contribution in [-0.4, -0.2) is 27.3 Å². The Morgan fingerprint density at radius 1 is 1.25 bits per heavy atom. The zero-order valence-corrected chi connectivity index (χ0v) is 16.3. The van der Waals surface area contributed by atoms with E-state index < -0.39 is 17.4 Å². The van der Waals surface area contributed by atoms with Gasteiger partial charge in [0.2, 0.25) is 0 Å². The van der Waals surface area contributed by atoms with Crippen molar-refractivity contribution in [1.29, 1.82) is 0 Å². The monoisotopic (exact) mass is 385 g/mol. The smallest absolute Gasteiger partial charge is 0.341 e. The van der Waals surface area contributed by atoms with Crippen molar-refractivity contribution in [3.63, 3.8) is 0 Å². The minimum atomic E-state index is -0.726. The van der Waals surface area contributed by atoms with Gasteiger partial charge in [-0.3, -0.25) is 4.79 Å². The van der Waals surface area contributed by atoms with Crippen molar-refractivity contribution in [3.05, 3.63) is 41.5 Å². The summed E-state index contributed by atoms with van der Waals surface area (Å²) < 4.78 is 19.8. The van der Waals surface area contributed by atoms with E-state index in [1.165, 1.54) is 12.1 Å². The fourth-order valence-electron chi connectivity index (χ4n) is 3.22. The molecule has 3 rings (SSSR count). The number of hydrogen-bond donors (Lipinski definition) is 1. The predicted octanol–water partition coefficient (Wildman–Crippen LogP) is 4.05. The van der Waals surface area contributed by atoms with E-state index in [1.807, 2.05) is 0 Å². The van der Waals surface area contributed by atoms with E-state index in [-0.39, 0.29) is 23.1 Å². The Kier molecular flexibility index (Phi) is 5.45. The van der Waals surface area contributed by atoms with E-state index in [9.17, 15) is 14.0 Å². The molecule has 1 fully saturated rings. The van der Waals surface area contributed by atoms with Crippen LogP contribution in [0.25, 0.3) is 11.3 Å². The number of carbonyl (C=O) groups excluding carboxylic acids is 2. The number of rotatable bonds is 3. The zero-order valence-electron chi connectivity index (χ0n) is 16.3. The topological polar surface area (TPSA) is 95.2 Å². The predicted molar refractivity (Wildman–Crippen MR) is 103 cm³/mol. The number of nitrogen functional groups attached to an aromatic ring is 1. The van der Waals surface area contributed by atoms with Crippen molar-refractivity contribution in [2.45, 2.75) is 58.0 Å². The molecule has 0 unspecified atom stereocenters. The lowest BCUT2D eigenvalue weighted by atomic mass is 9.86. The molecule has 1 aliphatic carbocycles. The maximum Gasteiger partial charge on any atom is 0.341 e. The lowest BCUT2D eigenvalue weighted by molar-refractivity contribution is -0.120. The van der Waals surface area contributed by atoms with Gasteiger partial charge in [-0.2, -0.15) is 0 Å². The van der Waals surface area contributed by atoms with E-state index in [1.54, 1.807) is 33.0 Å². The van der Waals surface area contributed by atoms with Crippen molar-refractivity contribution in [1.82, 2.24) is 9.97 Å². The van der Waals surface area contributed by atoms with Gasteiger partial charge in [0.05, 0.1) is 17.5 Å². The second kappa shape index (κ2) is 7.66. The number of ether oxygens (including phenoxy) is 1. The minimum absolute atomic E-state index is 0.135. The van der Waals surface area contributed by atoms with Crippen LogP contribution in [0.2, 0.25) is 0 Å². The molecule has 1 aromatic carbocycles. The summed E-state index contributed by atoms with van der Waals surface area (Å²) in [5.41, 5.74) is 6.64. The van der Waals surface area contributed by atoms with Crippen molar-refractivity contribution in [2.75, 3.05) is 5.73 Å². The summed E-state index contributed by atoms with van der Waals surface area (Å²) in [5.74, 6) is -0.854. The Balaban J connectivity index is 1.89. The summed E-state index contributed by atoms with van der Waals surface area (Å²) in [7, 11) is 0. The van der Waals surface area contributed by atoms with Gasteiger partial charge in [-0.05, 0) is 45.7 Å². The van der Waals surface area contributed by atoms with Gasteiger partial charge < -0.3 is 10.5 Å². The third kappa shape index (κ3) is 4.52. The normalized spacial score (nSPS) is 15.5. The Labute approximate surface area is 163 Å². The van der Waals surface area contributed by atoms with Crippen LogP contribution in [0.3, 0.4) is 0 Å². The Bertz CT molecular complexity index is 912. The number of esters is 1. The Morgan fingerprint density at radius 2 is 1.93 bits per heavy atom. The van der Waals surface area contributed by atoms with Gasteiger partial charge in [-0.1, -0.05) is 6.07 Å². The molecule has 28 heavy (non-hydrogen) atoms. The highest BCUT2D eigenvalue weighted by Gasteiger charge is 2.24. The number of hydrogen-bond acceptors (Lipinski definition) is 6. The summed E-state index contributed by atoms with van der Waals surface area (Å²) in [6.07, 6.45) is 4.13. The summed E-state index contributed by atoms with van der Waals surface area (Å²) in [5, 5.41) is 0. The van der Waals surface area contributed by atoms with Crippen molar-refractivity contribution >= 4 is 17.6 Å². The molecule has 1 saturated carbocycles. The molecule has 2 aromatic rings. The van der Waals surface area contributed by atoms with E-state index in [4.69, 9.17) is 10.5 Å². The van der Waals surface area contributed by atoms with Crippen LogP contribution >= 0.6 is 0 Å². The molecular weight excluding hydrogens is 361 g/mol. The summed E-state index contributed by atoms with van der Waals surface area (Å²) in [6.45, 7) is 5.16. The molecule has 1 aromatic heterocycles. The third-order valence-electron chi connectivity index (χ3n) is 4.64. The number of halogens is 1. The van der Waals surface area contributed by atoms with Gasteiger partial charge in [0.1, 0.15) is 28.7 Å². The first-order valence-corrected chi connectivity index (χ1v) is 9.31. The highest BCUT2D eigenvalue weighted by Crippen LogP contribution is 2.32. The molecule has 1 aliphatic rings. The molecule has 0 spiro atoms. The second-order valence-electron chi connectivity index (χ2n) is 8.04. The molecular formula is C21H24FN3O3. The summed E-state index contributed by atoms with van der Waals surface area (Å²) >= 11 is 0. The molecule has 0 saturated heterocycles. The molecule has 0 atom stereocenters. The van der Waals surface area contributed by atoms with Gasteiger partial charge >= 0.3 is 5.97 Å². The Morgan fingerprint density at radius 3 is 2.54 bits per heavy atom. The van der Waals surface area contributed by atoms with E-state index in [0.717, 1.165) is 18.5 Å². The highest BCUT2D eigenvalue weighted by atomic mass is 19.1. The lowest BCUT2D eigenvalue weighted by Crippen LogP contribution is -2.24. The quantitative estimate of drug-likeness (QED) is 0.801. The number of ketones is 1. The number of Topliss-reactive ketones (excluding diaryl/α,β-unsaturated/α-hetero) is 1. The van der Waals surface area contributed by atoms with Gasteiger partial charge in [0, 0.05) is 24.3 Å². The van der Waals surface area contributed by atoms with E-state index in [2.05, 4.69) is 9.97 Å². The number of anilines is 1. The first-order valence-electron chi connectivity index (χ1n) is 9.31. The molecule has 2 N–H and O–H groups in total. The largest absolute Gasteiger partial charge is 0.456 e. The molecule has 0 bridgehead atoms. The SMILES string of the molecule is CC(C)(C)OC(=O)c1ccc(-c2nc(C3CCC(=O)CC3)cnc2N)cc1F. The number of nitrogens with zero attached hydrogens (tertiary/aromatic N) is 2. The standard InChI is InChI=1S/C21H24FN3O3/c1-21(2,3)28-20(27)15-9-6-13(10-16(15)22)18-19(23)24-11-17(25-18)12-4-7-14(26)8-5-12/h6,9-12H,4-5,7-8H2,1-3H3,(H2,23,24). The van der Waals surface area contributed by atoms with Gasteiger partial charge in [-0.15, -0.1) is 0 Å². The first-order chi connectivity index (χ1) is 13.1. The van der Waals surface area contributed by atoms with Crippen LogP contribution in [0.1, 0.15) is 68.4 Å². The van der Waals surface area contributed by atoms with Crippen LogP contribution in [-0.2, 0) is 9.53 Å². The lowest BCUT2D eigenvalue weighted by Gasteiger charge is -2.21. The molecule has 1 heterocycles. The fraction of sp³-hybridized carbons (Fsp3) is 0.429. The van der Waals surface area contributed by atoms with Crippen LogP contribution < -0.4 is 5.73 Å². The summed E-state index contributed by atoms with van der Waals surface area (Å²) in [6, 6.07) is 4.16. The van der Waals surface area contributed by atoms with E-state index >= 15 is 0 Å². The third-order valence-corrected chi connectivity index (χ3v) is 4.64. The van der Waals surface area contributed by atoms with Crippen LogP contribution in [0.15, 0.2) is 24.4 Å². The van der Waals surface area contributed by atoms with Crippen LogP contribution in [0, 0.1) is 5.82 Å². The van der Waals surface area contributed by atoms with Gasteiger partial charge in [0.15, 0.2) is 0 Å². The van der Waals surface area contributed by atoms with Crippen molar-refractivity contribution in [3.8, 4) is 11.3 Å². The van der Waals surface area contributed by atoms with Crippen LogP contribution in [0.5, 0.6) is 0 Å². The zero-order chi connectivity index (χ0) is 20.5. The fourth-order valence-corrected chi connectivity index (χ4v) is 3.22. The molecule has 6 nitrogen and oxygen atoms in total. The molecule has 0 radical (unpaired) electrons. The number of aromatic nitrogens is 2. The molecule has 7 heteroatoms. The summed E-state index contributed by atoms with van der Waals surface area (Å²) in [4.78, 5) is 32.4. The van der Waals surface area contributed by atoms with Crippen molar-refractivity contribution in [2.24, 2.45) is 0 Å². The van der Waals surface area contributed by atoms with Gasteiger partial charge in [-0.25, -0.2) is 19.2 Å². The number of carbonyl (C=O) groups is 2. The molecule has 148 valence electrons. The number of nitrogens with two attached hydrogens (primary N) is 1. The van der Waals surface area contributed by atoms with Gasteiger partial charge in [0.25, 0.3) is 0 Å². The number of benzene rings is 1. The second-order valence-corrected chi connectivity index (χ2v) is 8.04. The average molecular weight is 385 g/mol. The Hall–Kier alpha value is -2.83. The average Bonchev–Trinajstić information content (AvgIpc) is 2.61. The maximum absolute atomic E-state index is 14.6. The molecule has 0 aliphatic heterocycles. The van der Waals surface area contributed by atoms with E-state index in [0.29, 0.717) is 24.1 Å². The highest BCUT2D eigenvalue weighted by molar-refractivity contribution is 5.91.